The van der Waals surface area contributed by atoms with E-state index < -0.39 is 0 Å². The smallest absolute Gasteiger partial charge is 0.252 e. The van der Waals surface area contributed by atoms with Crippen LogP contribution in [0.4, 0.5) is 0 Å². The van der Waals surface area contributed by atoms with Gasteiger partial charge in [0.15, 0.2) is 0 Å². The summed E-state index contributed by atoms with van der Waals surface area (Å²) in [7, 11) is 0. The highest BCUT2D eigenvalue weighted by atomic mass is 16.2. The standard InChI is InChI=1S/C19H16N2O2/c22-18-11-15(14-7-3-4-8-16(14)20-18)19(23)21-17-10-9-12-5-1-2-6-13(12)17/h1-8,11,17H,9-10H2,(H,20,22)(H,21,23). The van der Waals surface area contributed by atoms with Crippen molar-refractivity contribution in [2.24, 2.45) is 0 Å². The molecule has 0 fully saturated rings. The number of fused-ring (bicyclic) bond motifs is 2. The molecule has 0 radical (unpaired) electrons. The molecule has 1 heterocycles. The van der Waals surface area contributed by atoms with Crippen molar-refractivity contribution in [2.75, 3.05) is 0 Å². The number of hydrogen-bond acceptors (Lipinski definition) is 2. The first-order valence-corrected chi connectivity index (χ1v) is 7.73. The molecule has 114 valence electrons. The summed E-state index contributed by atoms with van der Waals surface area (Å²) in [6.45, 7) is 0. The maximum absolute atomic E-state index is 12.7. The van der Waals surface area contributed by atoms with E-state index >= 15 is 0 Å². The van der Waals surface area contributed by atoms with Crippen LogP contribution in [0.25, 0.3) is 10.9 Å². The van der Waals surface area contributed by atoms with Crippen LogP contribution in [0.2, 0.25) is 0 Å². The molecule has 0 aliphatic heterocycles. The van der Waals surface area contributed by atoms with Crippen molar-refractivity contribution >= 4 is 16.8 Å². The number of hydrogen-bond donors (Lipinski definition) is 2. The third kappa shape index (κ3) is 2.42. The Morgan fingerprint density at radius 1 is 1.09 bits per heavy atom. The Kier molecular flexibility index (Phi) is 3.23. The number of aromatic nitrogens is 1. The highest BCUT2D eigenvalue weighted by molar-refractivity contribution is 6.06. The van der Waals surface area contributed by atoms with Crippen molar-refractivity contribution in [3.8, 4) is 0 Å². The zero-order valence-corrected chi connectivity index (χ0v) is 12.5. The molecule has 0 spiro atoms. The van der Waals surface area contributed by atoms with Gasteiger partial charge in [0.05, 0.1) is 11.6 Å². The van der Waals surface area contributed by atoms with E-state index in [0.717, 1.165) is 18.2 Å². The average molecular weight is 304 g/mol. The molecule has 2 N–H and O–H groups in total. The van der Waals surface area contributed by atoms with Crippen LogP contribution >= 0.6 is 0 Å². The van der Waals surface area contributed by atoms with Gasteiger partial charge in [-0.05, 0) is 30.0 Å². The minimum Gasteiger partial charge on any atom is -0.345 e. The van der Waals surface area contributed by atoms with Crippen molar-refractivity contribution in [1.29, 1.82) is 0 Å². The molecule has 4 heteroatoms. The molecular formula is C19H16N2O2. The van der Waals surface area contributed by atoms with Crippen LogP contribution in [0.3, 0.4) is 0 Å². The van der Waals surface area contributed by atoms with E-state index in [1.54, 1.807) is 6.07 Å². The molecule has 2 aromatic carbocycles. The molecule has 23 heavy (non-hydrogen) atoms. The van der Waals surface area contributed by atoms with Crippen molar-refractivity contribution in [1.82, 2.24) is 10.3 Å². The van der Waals surface area contributed by atoms with Gasteiger partial charge in [-0.1, -0.05) is 42.5 Å². The molecule has 3 aromatic rings. The fourth-order valence-corrected chi connectivity index (χ4v) is 3.34. The highest BCUT2D eigenvalue weighted by Gasteiger charge is 2.24. The first kappa shape index (κ1) is 13.8. The summed E-state index contributed by atoms with van der Waals surface area (Å²) in [6, 6.07) is 16.9. The maximum atomic E-state index is 12.7. The lowest BCUT2D eigenvalue weighted by Gasteiger charge is -2.15. The van der Waals surface area contributed by atoms with Crippen molar-refractivity contribution in [2.45, 2.75) is 18.9 Å². The summed E-state index contributed by atoms with van der Waals surface area (Å²) in [6.07, 6.45) is 1.86. The second kappa shape index (κ2) is 5.39. The van der Waals surface area contributed by atoms with Crippen LogP contribution in [0.15, 0.2) is 59.4 Å². The zero-order chi connectivity index (χ0) is 15.8. The van der Waals surface area contributed by atoms with Crippen LogP contribution in [0, 0.1) is 0 Å². The van der Waals surface area contributed by atoms with Gasteiger partial charge in [0.25, 0.3) is 5.91 Å². The number of pyridine rings is 1. The zero-order valence-electron chi connectivity index (χ0n) is 12.5. The minimum atomic E-state index is -0.263. The third-order valence-corrected chi connectivity index (χ3v) is 4.43. The number of aryl methyl sites for hydroxylation is 1. The van der Waals surface area contributed by atoms with Gasteiger partial charge < -0.3 is 10.3 Å². The number of benzene rings is 2. The van der Waals surface area contributed by atoms with Gasteiger partial charge in [0.2, 0.25) is 5.56 Å². The maximum Gasteiger partial charge on any atom is 0.252 e. The predicted octanol–water partition coefficient (Wildman–Crippen LogP) is 2.95. The fraction of sp³-hybridized carbons (Fsp3) is 0.158. The van der Waals surface area contributed by atoms with Gasteiger partial charge in [-0.25, -0.2) is 0 Å². The number of aromatic amines is 1. The molecule has 0 saturated carbocycles. The molecule has 4 nitrogen and oxygen atoms in total. The van der Waals surface area contributed by atoms with E-state index in [0.29, 0.717) is 11.1 Å². The van der Waals surface area contributed by atoms with E-state index in [4.69, 9.17) is 0 Å². The Morgan fingerprint density at radius 3 is 2.78 bits per heavy atom. The van der Waals surface area contributed by atoms with Gasteiger partial charge in [-0.15, -0.1) is 0 Å². The first-order valence-electron chi connectivity index (χ1n) is 7.73. The van der Waals surface area contributed by atoms with E-state index in [9.17, 15) is 9.59 Å². The second-order valence-electron chi connectivity index (χ2n) is 5.86. The van der Waals surface area contributed by atoms with Crippen LogP contribution < -0.4 is 10.9 Å². The summed E-state index contributed by atoms with van der Waals surface area (Å²) >= 11 is 0. The topological polar surface area (TPSA) is 62.0 Å². The van der Waals surface area contributed by atoms with Crippen molar-refractivity contribution < 1.29 is 4.79 Å². The lowest BCUT2D eigenvalue weighted by molar-refractivity contribution is 0.0938. The summed E-state index contributed by atoms with van der Waals surface area (Å²) in [5, 5.41) is 3.84. The molecule has 0 saturated heterocycles. The van der Waals surface area contributed by atoms with Gasteiger partial charge in [-0.3, -0.25) is 9.59 Å². The Labute approximate surface area is 133 Å². The molecule has 1 aromatic heterocycles. The molecule has 1 aliphatic carbocycles. The summed E-state index contributed by atoms with van der Waals surface area (Å²) in [4.78, 5) is 27.3. The SMILES string of the molecule is O=C(NC1CCc2ccccc21)c1cc(=O)[nH]c2ccccc12. The Bertz CT molecular complexity index is 959. The molecule has 1 unspecified atom stereocenters. The highest BCUT2D eigenvalue weighted by Crippen LogP contribution is 2.31. The summed E-state index contributed by atoms with van der Waals surface area (Å²) in [5.41, 5.74) is 3.30. The molecule has 1 atom stereocenters. The summed E-state index contributed by atoms with van der Waals surface area (Å²) in [5.74, 6) is -0.200. The molecular weight excluding hydrogens is 288 g/mol. The first-order chi connectivity index (χ1) is 11.2. The van der Waals surface area contributed by atoms with Crippen molar-refractivity contribution in [3.63, 3.8) is 0 Å². The van der Waals surface area contributed by atoms with E-state index in [2.05, 4.69) is 22.4 Å². The number of rotatable bonds is 2. The Balaban J connectivity index is 1.70. The average Bonchev–Trinajstić information content (AvgIpc) is 2.97. The minimum absolute atomic E-state index is 0.0109. The van der Waals surface area contributed by atoms with Crippen LogP contribution in [-0.2, 0) is 6.42 Å². The van der Waals surface area contributed by atoms with E-state index in [1.165, 1.54) is 17.2 Å². The number of amides is 1. The molecule has 1 aliphatic rings. The molecule has 1 amide bonds. The fourth-order valence-electron chi connectivity index (χ4n) is 3.34. The van der Waals surface area contributed by atoms with Crippen molar-refractivity contribution in [3.05, 3.63) is 81.6 Å². The van der Waals surface area contributed by atoms with Crippen LogP contribution in [0.1, 0.15) is 33.9 Å². The molecule has 4 rings (SSSR count). The number of nitrogens with one attached hydrogen (secondary N) is 2. The quantitative estimate of drug-likeness (QED) is 0.764. The Morgan fingerprint density at radius 2 is 1.87 bits per heavy atom. The monoisotopic (exact) mass is 304 g/mol. The van der Waals surface area contributed by atoms with E-state index in [1.807, 2.05) is 30.3 Å². The van der Waals surface area contributed by atoms with Gasteiger partial charge >= 0.3 is 0 Å². The number of carbonyl (C=O) groups is 1. The lowest BCUT2D eigenvalue weighted by atomic mass is 10.1. The summed E-state index contributed by atoms with van der Waals surface area (Å²) < 4.78 is 0. The Hall–Kier alpha value is -2.88. The molecule has 0 bridgehead atoms. The number of H-pyrrole nitrogens is 1. The van der Waals surface area contributed by atoms with Gasteiger partial charge in [0.1, 0.15) is 0 Å². The number of carbonyl (C=O) groups excluding carboxylic acids is 1. The predicted molar refractivity (Wildman–Crippen MR) is 89.5 cm³/mol. The third-order valence-electron chi connectivity index (χ3n) is 4.43. The normalized spacial score (nSPS) is 16.3. The number of para-hydroxylation sites is 1. The van der Waals surface area contributed by atoms with Gasteiger partial charge in [0, 0.05) is 17.0 Å². The largest absolute Gasteiger partial charge is 0.345 e. The van der Waals surface area contributed by atoms with E-state index in [-0.39, 0.29) is 17.5 Å². The van der Waals surface area contributed by atoms with Crippen LogP contribution in [-0.4, -0.2) is 10.9 Å². The van der Waals surface area contributed by atoms with Crippen LogP contribution in [0.5, 0.6) is 0 Å². The lowest BCUT2D eigenvalue weighted by Crippen LogP contribution is -2.28. The van der Waals surface area contributed by atoms with Gasteiger partial charge in [-0.2, -0.15) is 0 Å². The second-order valence-corrected chi connectivity index (χ2v) is 5.86.